The van der Waals surface area contributed by atoms with Gasteiger partial charge in [-0.15, -0.1) is 0 Å². The van der Waals surface area contributed by atoms with E-state index in [0.717, 1.165) is 5.75 Å². The molecule has 0 radical (unpaired) electrons. The normalized spacial score (nSPS) is 14.5. The molecule has 1 aliphatic rings. The molecular weight excluding hydrogens is 248 g/mol. The predicted molar refractivity (Wildman–Crippen MR) is 69.9 cm³/mol. The first-order valence-corrected chi connectivity index (χ1v) is 6.03. The van der Waals surface area contributed by atoms with E-state index in [4.69, 9.17) is 25.2 Å². The van der Waals surface area contributed by atoms with Gasteiger partial charge in [-0.25, -0.2) is 0 Å². The van der Waals surface area contributed by atoms with Gasteiger partial charge in [-0.1, -0.05) is 19.0 Å². The van der Waals surface area contributed by atoms with E-state index in [1.54, 1.807) is 6.07 Å². The highest BCUT2D eigenvalue weighted by atomic mass is 16.7. The van der Waals surface area contributed by atoms with Crippen molar-refractivity contribution in [2.75, 3.05) is 13.4 Å². The molecule has 104 valence electrons. The Bertz CT molecular complexity index is 486. The van der Waals surface area contributed by atoms with Crippen LogP contribution >= 0.6 is 0 Å². The number of benzene rings is 1. The molecule has 0 bridgehead atoms. The van der Waals surface area contributed by atoms with Gasteiger partial charge >= 0.3 is 0 Å². The van der Waals surface area contributed by atoms with Crippen LogP contribution in [-0.4, -0.2) is 24.4 Å². The zero-order chi connectivity index (χ0) is 13.9. The number of nitrogens with two attached hydrogens (primary N) is 1. The lowest BCUT2D eigenvalue weighted by Gasteiger charge is -2.22. The first-order chi connectivity index (χ1) is 9.03. The van der Waals surface area contributed by atoms with E-state index in [-0.39, 0.29) is 12.6 Å². The Morgan fingerprint density at radius 1 is 1.42 bits per heavy atom. The smallest absolute Gasteiger partial charge is 0.231 e. The lowest BCUT2D eigenvalue weighted by atomic mass is 9.88. The quantitative estimate of drug-likeness (QED) is 0.368. The fraction of sp³-hybridized carbons (Fsp3) is 0.462. The summed E-state index contributed by atoms with van der Waals surface area (Å²) < 4.78 is 16.1. The highest BCUT2D eigenvalue weighted by Crippen LogP contribution is 2.35. The third-order valence-corrected chi connectivity index (χ3v) is 3.14. The Labute approximate surface area is 111 Å². The summed E-state index contributed by atoms with van der Waals surface area (Å²) in [4.78, 5) is 0. The third-order valence-electron chi connectivity index (χ3n) is 3.14. The largest absolute Gasteiger partial charge is 0.493 e. The molecule has 1 aliphatic heterocycles. The summed E-state index contributed by atoms with van der Waals surface area (Å²) in [5, 5.41) is 11.7. The fourth-order valence-electron chi connectivity index (χ4n) is 1.65. The molecule has 0 aliphatic carbocycles. The maximum atomic E-state index is 8.68. The first-order valence-electron chi connectivity index (χ1n) is 6.03. The number of oxime groups is 1. The summed E-state index contributed by atoms with van der Waals surface area (Å²) in [5.41, 5.74) is 5.20. The maximum Gasteiger partial charge on any atom is 0.231 e. The van der Waals surface area contributed by atoms with Crippen LogP contribution in [0, 0.1) is 5.41 Å². The lowest BCUT2D eigenvalue weighted by molar-refractivity contribution is 0.173. The molecule has 0 aromatic heterocycles. The topological polar surface area (TPSA) is 86.3 Å². The number of amidine groups is 1. The van der Waals surface area contributed by atoms with Crippen molar-refractivity contribution in [3.8, 4) is 17.2 Å². The van der Waals surface area contributed by atoms with Crippen molar-refractivity contribution >= 4 is 5.84 Å². The van der Waals surface area contributed by atoms with Crippen molar-refractivity contribution in [2.24, 2.45) is 16.3 Å². The van der Waals surface area contributed by atoms with Crippen molar-refractivity contribution in [3.05, 3.63) is 18.2 Å². The van der Waals surface area contributed by atoms with Gasteiger partial charge in [0.15, 0.2) is 11.5 Å². The average Bonchev–Trinajstić information content (AvgIpc) is 2.84. The molecule has 1 heterocycles. The Morgan fingerprint density at radius 2 is 2.16 bits per heavy atom. The molecule has 19 heavy (non-hydrogen) atoms. The summed E-state index contributed by atoms with van der Waals surface area (Å²) in [6, 6.07) is 5.43. The number of ether oxygens (including phenoxy) is 3. The molecule has 2 rings (SSSR count). The molecule has 0 saturated heterocycles. The van der Waals surface area contributed by atoms with Crippen LogP contribution in [0.3, 0.4) is 0 Å². The number of hydrogen-bond donors (Lipinski definition) is 2. The van der Waals surface area contributed by atoms with Crippen LogP contribution in [0.15, 0.2) is 23.4 Å². The van der Waals surface area contributed by atoms with Gasteiger partial charge in [0.05, 0.1) is 6.61 Å². The molecule has 1 aromatic rings. The summed E-state index contributed by atoms with van der Waals surface area (Å²) >= 11 is 0. The molecule has 0 unspecified atom stereocenters. The van der Waals surface area contributed by atoms with Crippen LogP contribution in [0.25, 0.3) is 0 Å². The van der Waals surface area contributed by atoms with E-state index in [1.165, 1.54) is 0 Å². The molecular formula is C13H18N2O4. The Balaban J connectivity index is 1.90. The highest BCUT2D eigenvalue weighted by Gasteiger charge is 2.23. The minimum absolute atomic E-state index is 0.196. The minimum atomic E-state index is -0.412. The molecule has 6 heteroatoms. The van der Waals surface area contributed by atoms with Crippen LogP contribution in [0.2, 0.25) is 0 Å². The second-order valence-electron chi connectivity index (χ2n) is 4.98. The molecule has 0 atom stereocenters. The van der Waals surface area contributed by atoms with Gasteiger partial charge in [-0.05, 0) is 18.6 Å². The summed E-state index contributed by atoms with van der Waals surface area (Å²) in [7, 11) is 0. The van der Waals surface area contributed by atoms with E-state index in [0.29, 0.717) is 24.5 Å². The number of fused-ring (bicyclic) bond motifs is 1. The van der Waals surface area contributed by atoms with E-state index in [2.05, 4.69) is 5.16 Å². The maximum absolute atomic E-state index is 8.68. The van der Waals surface area contributed by atoms with Gasteiger partial charge in [0, 0.05) is 11.5 Å². The summed E-state index contributed by atoms with van der Waals surface area (Å²) in [6.45, 7) is 4.49. The third kappa shape index (κ3) is 3.01. The molecule has 0 spiro atoms. The van der Waals surface area contributed by atoms with E-state index in [9.17, 15) is 0 Å². The van der Waals surface area contributed by atoms with Gasteiger partial charge in [-0.3, -0.25) is 0 Å². The number of rotatable bonds is 5. The van der Waals surface area contributed by atoms with Gasteiger partial charge < -0.3 is 25.2 Å². The standard InChI is InChI=1S/C13H18N2O4/c1-13(2,12(14)15-16)5-6-17-9-3-4-10-11(7-9)19-8-18-10/h3-4,7,16H,5-6,8H2,1-2H3,(H2,14,15). The average molecular weight is 266 g/mol. The van der Waals surface area contributed by atoms with Crippen LogP contribution in [0.5, 0.6) is 17.2 Å². The molecule has 1 aromatic carbocycles. The number of nitrogens with zero attached hydrogens (tertiary/aromatic N) is 1. The highest BCUT2D eigenvalue weighted by molar-refractivity contribution is 5.85. The van der Waals surface area contributed by atoms with Gasteiger partial charge in [0.25, 0.3) is 0 Å². The van der Waals surface area contributed by atoms with Crippen LogP contribution in [0.1, 0.15) is 20.3 Å². The zero-order valence-corrected chi connectivity index (χ0v) is 11.0. The Kier molecular flexibility index (Phi) is 3.69. The van der Waals surface area contributed by atoms with E-state index >= 15 is 0 Å². The minimum Gasteiger partial charge on any atom is -0.493 e. The Morgan fingerprint density at radius 3 is 2.89 bits per heavy atom. The van der Waals surface area contributed by atoms with Gasteiger partial charge in [-0.2, -0.15) is 0 Å². The lowest BCUT2D eigenvalue weighted by Crippen LogP contribution is -2.33. The molecule has 3 N–H and O–H groups in total. The van der Waals surface area contributed by atoms with Crippen LogP contribution in [0.4, 0.5) is 0 Å². The fourth-order valence-corrected chi connectivity index (χ4v) is 1.65. The summed E-state index contributed by atoms with van der Waals surface area (Å²) in [6.07, 6.45) is 0.636. The second kappa shape index (κ2) is 5.26. The number of hydrogen-bond acceptors (Lipinski definition) is 5. The second-order valence-corrected chi connectivity index (χ2v) is 4.98. The van der Waals surface area contributed by atoms with Crippen molar-refractivity contribution in [1.29, 1.82) is 0 Å². The summed E-state index contributed by atoms with van der Waals surface area (Å²) in [5.74, 6) is 2.32. The van der Waals surface area contributed by atoms with Crippen molar-refractivity contribution in [2.45, 2.75) is 20.3 Å². The zero-order valence-electron chi connectivity index (χ0n) is 11.0. The van der Waals surface area contributed by atoms with E-state index < -0.39 is 5.41 Å². The molecule has 0 amide bonds. The van der Waals surface area contributed by atoms with Crippen molar-refractivity contribution < 1.29 is 19.4 Å². The SMILES string of the molecule is CC(C)(CCOc1ccc2c(c1)OCO2)C(N)=NO. The first kappa shape index (κ1) is 13.3. The molecule has 6 nitrogen and oxygen atoms in total. The van der Waals surface area contributed by atoms with Crippen molar-refractivity contribution in [3.63, 3.8) is 0 Å². The monoisotopic (exact) mass is 266 g/mol. The van der Waals surface area contributed by atoms with Crippen LogP contribution in [-0.2, 0) is 0 Å². The predicted octanol–water partition coefficient (Wildman–Crippen LogP) is 1.96. The molecule has 0 saturated carbocycles. The van der Waals surface area contributed by atoms with Crippen molar-refractivity contribution in [1.82, 2.24) is 0 Å². The molecule has 0 fully saturated rings. The van der Waals surface area contributed by atoms with Gasteiger partial charge in [0.2, 0.25) is 6.79 Å². The Hall–Kier alpha value is -2.11. The van der Waals surface area contributed by atoms with E-state index in [1.807, 2.05) is 26.0 Å². The van der Waals surface area contributed by atoms with Gasteiger partial charge in [0.1, 0.15) is 11.6 Å². The van der Waals surface area contributed by atoms with Crippen LogP contribution < -0.4 is 19.9 Å².